The lowest BCUT2D eigenvalue weighted by atomic mass is 9.98. The molecular formula is C23H29N3O3. The number of nitrogens with one attached hydrogen (secondary N) is 1. The van der Waals surface area contributed by atoms with Crippen molar-refractivity contribution in [2.75, 3.05) is 36.5 Å². The molecule has 0 bridgehead atoms. The predicted octanol–water partition coefficient (Wildman–Crippen LogP) is 4.11. The van der Waals surface area contributed by atoms with Crippen molar-refractivity contribution in [3.63, 3.8) is 0 Å². The number of aryl methyl sites for hydroxylation is 1. The van der Waals surface area contributed by atoms with Crippen LogP contribution in [0.25, 0.3) is 0 Å². The molecule has 4 rings (SSSR count). The number of pyridine rings is 1. The van der Waals surface area contributed by atoms with Crippen LogP contribution in [0.5, 0.6) is 0 Å². The SMILES string of the molecule is Cc1cccc(C(C)C)c1NC(=O)c1ccnc(N2CCC3(CC2)OCCO3)c1. The van der Waals surface area contributed by atoms with Crippen molar-refractivity contribution in [1.82, 2.24) is 4.98 Å². The molecule has 6 heteroatoms. The molecule has 6 nitrogen and oxygen atoms in total. The first kappa shape index (κ1) is 19.9. The fourth-order valence-corrected chi connectivity index (χ4v) is 4.12. The Bertz CT molecular complexity index is 881. The molecule has 29 heavy (non-hydrogen) atoms. The number of ether oxygens (including phenoxy) is 2. The monoisotopic (exact) mass is 395 g/mol. The molecule has 2 saturated heterocycles. The third-order valence-corrected chi connectivity index (χ3v) is 5.84. The predicted molar refractivity (Wildman–Crippen MR) is 114 cm³/mol. The van der Waals surface area contributed by atoms with Crippen molar-refractivity contribution in [2.24, 2.45) is 0 Å². The number of piperidine rings is 1. The first-order valence-corrected chi connectivity index (χ1v) is 10.4. The van der Waals surface area contributed by atoms with Gasteiger partial charge in [0.2, 0.25) is 0 Å². The third kappa shape index (κ3) is 4.14. The number of rotatable bonds is 4. The molecule has 154 valence electrons. The van der Waals surface area contributed by atoms with Crippen LogP contribution in [0.3, 0.4) is 0 Å². The van der Waals surface area contributed by atoms with E-state index in [9.17, 15) is 4.79 Å². The fraction of sp³-hybridized carbons (Fsp3) is 0.478. The van der Waals surface area contributed by atoms with Crippen molar-refractivity contribution in [2.45, 2.75) is 45.3 Å². The molecule has 2 aromatic rings. The van der Waals surface area contributed by atoms with Gasteiger partial charge in [-0.1, -0.05) is 32.0 Å². The lowest BCUT2D eigenvalue weighted by Crippen LogP contribution is -2.45. The second kappa shape index (κ2) is 8.13. The molecule has 3 heterocycles. The smallest absolute Gasteiger partial charge is 0.255 e. The highest BCUT2D eigenvalue weighted by Gasteiger charge is 2.40. The van der Waals surface area contributed by atoms with E-state index in [0.717, 1.165) is 48.6 Å². The summed E-state index contributed by atoms with van der Waals surface area (Å²) in [5, 5.41) is 3.12. The van der Waals surface area contributed by atoms with Gasteiger partial charge in [-0.15, -0.1) is 0 Å². The van der Waals surface area contributed by atoms with Crippen LogP contribution in [0.1, 0.15) is 54.1 Å². The highest BCUT2D eigenvalue weighted by molar-refractivity contribution is 6.05. The van der Waals surface area contributed by atoms with E-state index in [1.54, 1.807) is 12.3 Å². The Morgan fingerprint density at radius 3 is 2.59 bits per heavy atom. The van der Waals surface area contributed by atoms with Crippen LogP contribution in [0.15, 0.2) is 36.5 Å². The lowest BCUT2D eigenvalue weighted by molar-refractivity contribution is -0.169. The van der Waals surface area contributed by atoms with Gasteiger partial charge in [0.05, 0.1) is 13.2 Å². The van der Waals surface area contributed by atoms with Crippen molar-refractivity contribution >= 4 is 17.4 Å². The molecule has 1 N–H and O–H groups in total. The number of carbonyl (C=O) groups excluding carboxylic acids is 1. The third-order valence-electron chi connectivity index (χ3n) is 5.84. The van der Waals surface area contributed by atoms with Crippen molar-refractivity contribution in [3.05, 3.63) is 53.2 Å². The molecule has 1 amide bonds. The van der Waals surface area contributed by atoms with Gasteiger partial charge in [0, 0.05) is 43.4 Å². The van der Waals surface area contributed by atoms with Crippen molar-refractivity contribution in [1.29, 1.82) is 0 Å². The van der Waals surface area contributed by atoms with Crippen LogP contribution in [-0.2, 0) is 9.47 Å². The van der Waals surface area contributed by atoms with Gasteiger partial charge in [-0.25, -0.2) is 4.98 Å². The highest BCUT2D eigenvalue weighted by Crippen LogP contribution is 2.33. The molecular weight excluding hydrogens is 366 g/mol. The maximum Gasteiger partial charge on any atom is 0.255 e. The number of benzene rings is 1. The van der Waals surface area contributed by atoms with Crippen LogP contribution in [0, 0.1) is 6.92 Å². The first-order chi connectivity index (χ1) is 14.0. The second-order valence-corrected chi connectivity index (χ2v) is 8.15. The summed E-state index contributed by atoms with van der Waals surface area (Å²) >= 11 is 0. The van der Waals surface area contributed by atoms with Crippen molar-refractivity contribution in [3.8, 4) is 0 Å². The Labute approximate surface area is 172 Å². The van der Waals surface area contributed by atoms with Gasteiger partial charge < -0.3 is 19.7 Å². The van der Waals surface area contributed by atoms with Crippen LogP contribution < -0.4 is 10.2 Å². The summed E-state index contributed by atoms with van der Waals surface area (Å²) in [4.78, 5) is 19.7. The number of hydrogen-bond donors (Lipinski definition) is 1. The van der Waals surface area contributed by atoms with Crippen LogP contribution in [0.2, 0.25) is 0 Å². The Morgan fingerprint density at radius 2 is 1.90 bits per heavy atom. The van der Waals surface area contributed by atoms with Crippen LogP contribution in [0.4, 0.5) is 11.5 Å². The lowest BCUT2D eigenvalue weighted by Gasteiger charge is -2.38. The maximum atomic E-state index is 13.0. The Balaban J connectivity index is 1.49. The number of amides is 1. The van der Waals surface area contributed by atoms with Gasteiger partial charge in [0.25, 0.3) is 5.91 Å². The molecule has 0 atom stereocenters. The molecule has 1 spiro atoms. The van der Waals surface area contributed by atoms with E-state index in [1.807, 2.05) is 25.1 Å². The van der Waals surface area contributed by atoms with Gasteiger partial charge in [-0.05, 0) is 36.1 Å². The van der Waals surface area contributed by atoms with Gasteiger partial charge >= 0.3 is 0 Å². The zero-order valence-corrected chi connectivity index (χ0v) is 17.4. The van der Waals surface area contributed by atoms with E-state index >= 15 is 0 Å². The molecule has 0 unspecified atom stereocenters. The highest BCUT2D eigenvalue weighted by atomic mass is 16.7. The van der Waals surface area contributed by atoms with E-state index in [0.29, 0.717) is 24.7 Å². The van der Waals surface area contributed by atoms with Gasteiger partial charge in [0.15, 0.2) is 5.79 Å². The molecule has 0 aliphatic carbocycles. The molecule has 1 aromatic heterocycles. The number of anilines is 2. The summed E-state index contributed by atoms with van der Waals surface area (Å²) in [6.07, 6.45) is 3.33. The fourth-order valence-electron chi connectivity index (χ4n) is 4.12. The summed E-state index contributed by atoms with van der Waals surface area (Å²) in [6.45, 7) is 9.24. The van der Waals surface area contributed by atoms with E-state index in [2.05, 4.69) is 35.1 Å². The topological polar surface area (TPSA) is 63.7 Å². The number of para-hydroxylation sites is 1. The molecule has 0 saturated carbocycles. The minimum Gasteiger partial charge on any atom is -0.356 e. The van der Waals surface area contributed by atoms with E-state index < -0.39 is 5.79 Å². The molecule has 2 fully saturated rings. The second-order valence-electron chi connectivity index (χ2n) is 8.15. The normalized spacial score (nSPS) is 18.4. The minimum absolute atomic E-state index is 0.110. The number of nitrogens with zero attached hydrogens (tertiary/aromatic N) is 2. The maximum absolute atomic E-state index is 13.0. The van der Waals surface area contributed by atoms with Crippen LogP contribution >= 0.6 is 0 Å². The van der Waals surface area contributed by atoms with Gasteiger partial charge in [0.1, 0.15) is 5.82 Å². The average Bonchev–Trinajstić information content (AvgIpc) is 3.18. The quantitative estimate of drug-likeness (QED) is 0.844. The Kier molecular flexibility index (Phi) is 5.56. The summed E-state index contributed by atoms with van der Waals surface area (Å²) < 4.78 is 11.6. The Hall–Kier alpha value is -2.44. The Morgan fingerprint density at radius 1 is 1.17 bits per heavy atom. The largest absolute Gasteiger partial charge is 0.356 e. The zero-order valence-electron chi connectivity index (χ0n) is 17.4. The number of aromatic nitrogens is 1. The van der Waals surface area contributed by atoms with Crippen LogP contribution in [-0.4, -0.2) is 43.0 Å². The van der Waals surface area contributed by atoms with E-state index in [1.165, 1.54) is 0 Å². The number of hydrogen-bond acceptors (Lipinski definition) is 5. The van der Waals surface area contributed by atoms with Crippen molar-refractivity contribution < 1.29 is 14.3 Å². The average molecular weight is 396 g/mol. The molecule has 1 aromatic carbocycles. The summed E-state index contributed by atoms with van der Waals surface area (Å²) in [5.74, 6) is 0.628. The minimum atomic E-state index is -0.413. The van der Waals surface area contributed by atoms with E-state index in [4.69, 9.17) is 9.47 Å². The summed E-state index contributed by atoms with van der Waals surface area (Å²) in [6, 6.07) is 9.77. The van der Waals surface area contributed by atoms with Gasteiger partial charge in [-0.3, -0.25) is 4.79 Å². The summed E-state index contributed by atoms with van der Waals surface area (Å²) in [5.41, 5.74) is 3.73. The molecule has 2 aliphatic heterocycles. The van der Waals surface area contributed by atoms with Gasteiger partial charge in [-0.2, -0.15) is 0 Å². The molecule has 0 radical (unpaired) electrons. The van der Waals surface area contributed by atoms with E-state index in [-0.39, 0.29) is 5.91 Å². The molecule has 2 aliphatic rings. The zero-order chi connectivity index (χ0) is 20.4. The number of carbonyl (C=O) groups is 1. The first-order valence-electron chi connectivity index (χ1n) is 10.4. The summed E-state index contributed by atoms with van der Waals surface area (Å²) in [7, 11) is 0. The standard InChI is InChI=1S/C23H29N3O3/c1-16(2)19-6-4-5-17(3)21(19)25-22(27)18-7-10-24-20(15-18)26-11-8-23(9-12-26)28-13-14-29-23/h4-7,10,15-16H,8-9,11-14H2,1-3H3,(H,25,27).